The third-order valence-corrected chi connectivity index (χ3v) is 2.14. The van der Waals surface area contributed by atoms with E-state index in [0.717, 1.165) is 11.3 Å². The Morgan fingerprint density at radius 1 is 1.46 bits per heavy atom. The van der Waals surface area contributed by atoms with Gasteiger partial charge < -0.3 is 10.1 Å². The normalized spacial score (nSPS) is 20.2. The van der Waals surface area contributed by atoms with E-state index in [1.165, 1.54) is 0 Å². The minimum atomic E-state index is -0.255. The van der Waals surface area contributed by atoms with Crippen molar-refractivity contribution in [2.75, 3.05) is 5.32 Å². The fourth-order valence-electron chi connectivity index (χ4n) is 1.38. The number of aryl methyl sites for hydroxylation is 1. The van der Waals surface area contributed by atoms with Crippen molar-refractivity contribution in [1.82, 2.24) is 0 Å². The van der Waals surface area contributed by atoms with Crippen LogP contribution in [0.25, 0.3) is 0 Å². The standard InChI is InChI=1S/C10H11NO2/c1-6-4-3-5-8-9(6)13-10(12)7(2)11-8/h3-5,7,11H,1-2H3. The summed E-state index contributed by atoms with van der Waals surface area (Å²) in [5, 5.41) is 3.08. The molecule has 0 aromatic heterocycles. The molecule has 68 valence electrons. The van der Waals surface area contributed by atoms with Gasteiger partial charge in [0.05, 0.1) is 5.69 Å². The summed E-state index contributed by atoms with van der Waals surface area (Å²) in [6.07, 6.45) is 0. The molecule has 0 radical (unpaired) electrons. The van der Waals surface area contributed by atoms with Gasteiger partial charge in [0, 0.05) is 0 Å². The molecule has 0 saturated heterocycles. The van der Waals surface area contributed by atoms with E-state index in [0.29, 0.717) is 5.75 Å². The first kappa shape index (κ1) is 8.10. The van der Waals surface area contributed by atoms with Crippen LogP contribution in [-0.2, 0) is 4.79 Å². The summed E-state index contributed by atoms with van der Waals surface area (Å²) in [5.74, 6) is 0.437. The number of rotatable bonds is 0. The largest absolute Gasteiger partial charge is 0.423 e. The number of nitrogens with one attached hydrogen (secondary N) is 1. The van der Waals surface area contributed by atoms with Crippen molar-refractivity contribution in [2.45, 2.75) is 19.9 Å². The lowest BCUT2D eigenvalue weighted by molar-refractivity contribution is -0.135. The molecule has 0 spiro atoms. The molecule has 1 aliphatic heterocycles. The molecule has 1 atom stereocenters. The van der Waals surface area contributed by atoms with Gasteiger partial charge in [-0.1, -0.05) is 12.1 Å². The lowest BCUT2D eigenvalue weighted by Gasteiger charge is -2.23. The summed E-state index contributed by atoms with van der Waals surface area (Å²) < 4.78 is 5.17. The van der Waals surface area contributed by atoms with Crippen LogP contribution in [0.4, 0.5) is 5.69 Å². The molecule has 0 amide bonds. The highest BCUT2D eigenvalue weighted by atomic mass is 16.5. The molecular weight excluding hydrogens is 166 g/mol. The number of fused-ring (bicyclic) bond motifs is 1. The van der Waals surface area contributed by atoms with Crippen LogP contribution in [0.3, 0.4) is 0 Å². The van der Waals surface area contributed by atoms with Gasteiger partial charge in [-0.25, -0.2) is 4.79 Å². The lowest BCUT2D eigenvalue weighted by atomic mass is 10.1. The Balaban J connectivity index is 2.48. The SMILES string of the molecule is Cc1cccc2c1OC(=O)C(C)N2. The lowest BCUT2D eigenvalue weighted by Crippen LogP contribution is -2.34. The Bertz CT molecular complexity index is 360. The van der Waals surface area contributed by atoms with Gasteiger partial charge in [0.25, 0.3) is 0 Å². The van der Waals surface area contributed by atoms with Crippen LogP contribution in [0, 0.1) is 6.92 Å². The Kier molecular flexibility index (Phi) is 1.72. The molecule has 2 rings (SSSR count). The summed E-state index contributed by atoms with van der Waals surface area (Å²) >= 11 is 0. The number of hydrogen-bond acceptors (Lipinski definition) is 3. The van der Waals surface area contributed by atoms with Gasteiger partial charge in [0.1, 0.15) is 6.04 Å². The fraction of sp³-hybridized carbons (Fsp3) is 0.300. The average Bonchev–Trinajstić information content (AvgIpc) is 2.09. The molecule has 1 aromatic rings. The van der Waals surface area contributed by atoms with Crippen LogP contribution < -0.4 is 10.1 Å². The highest BCUT2D eigenvalue weighted by molar-refractivity contribution is 5.86. The second-order valence-corrected chi connectivity index (χ2v) is 3.24. The van der Waals surface area contributed by atoms with Crippen molar-refractivity contribution >= 4 is 11.7 Å². The smallest absolute Gasteiger partial charge is 0.333 e. The van der Waals surface area contributed by atoms with Crippen LogP contribution in [0.1, 0.15) is 12.5 Å². The number of anilines is 1. The van der Waals surface area contributed by atoms with E-state index in [1.807, 2.05) is 25.1 Å². The Labute approximate surface area is 76.7 Å². The fourth-order valence-corrected chi connectivity index (χ4v) is 1.38. The molecule has 1 N–H and O–H groups in total. The summed E-state index contributed by atoms with van der Waals surface area (Å²) in [6, 6.07) is 5.51. The van der Waals surface area contributed by atoms with Crippen molar-refractivity contribution < 1.29 is 9.53 Å². The van der Waals surface area contributed by atoms with E-state index in [1.54, 1.807) is 6.92 Å². The Morgan fingerprint density at radius 2 is 2.23 bits per heavy atom. The first-order valence-corrected chi connectivity index (χ1v) is 4.26. The van der Waals surface area contributed by atoms with Gasteiger partial charge >= 0.3 is 5.97 Å². The van der Waals surface area contributed by atoms with Gasteiger partial charge in [-0.3, -0.25) is 0 Å². The molecule has 1 aromatic carbocycles. The number of hydrogen-bond donors (Lipinski definition) is 1. The summed E-state index contributed by atoms with van der Waals surface area (Å²) in [7, 11) is 0. The highest BCUT2D eigenvalue weighted by Crippen LogP contribution is 2.32. The predicted molar refractivity (Wildman–Crippen MR) is 49.9 cm³/mol. The number of benzene rings is 1. The van der Waals surface area contributed by atoms with Crippen molar-refractivity contribution in [2.24, 2.45) is 0 Å². The molecule has 0 saturated carbocycles. The Hall–Kier alpha value is -1.51. The maximum absolute atomic E-state index is 11.2. The van der Waals surface area contributed by atoms with E-state index in [4.69, 9.17) is 4.74 Å². The van der Waals surface area contributed by atoms with Gasteiger partial charge in [0.15, 0.2) is 5.75 Å². The van der Waals surface area contributed by atoms with Crippen LogP contribution in [0.2, 0.25) is 0 Å². The molecule has 1 aliphatic rings. The Morgan fingerprint density at radius 3 is 3.00 bits per heavy atom. The predicted octanol–water partition coefficient (Wildman–Crippen LogP) is 1.71. The maximum Gasteiger partial charge on any atom is 0.333 e. The monoisotopic (exact) mass is 177 g/mol. The van der Waals surface area contributed by atoms with E-state index in [9.17, 15) is 4.79 Å². The minimum Gasteiger partial charge on any atom is -0.423 e. The minimum absolute atomic E-state index is 0.221. The topological polar surface area (TPSA) is 38.3 Å². The molecule has 1 unspecified atom stereocenters. The van der Waals surface area contributed by atoms with Crippen molar-refractivity contribution in [3.05, 3.63) is 23.8 Å². The van der Waals surface area contributed by atoms with Crippen LogP contribution in [0.5, 0.6) is 5.75 Å². The molecular formula is C10H11NO2. The number of ether oxygens (including phenoxy) is 1. The summed E-state index contributed by atoms with van der Waals surface area (Å²) in [5.41, 5.74) is 1.87. The second kappa shape index (κ2) is 2.76. The number of carbonyl (C=O) groups excluding carboxylic acids is 1. The molecule has 1 heterocycles. The van der Waals surface area contributed by atoms with Crippen LogP contribution >= 0.6 is 0 Å². The zero-order valence-electron chi connectivity index (χ0n) is 7.63. The third kappa shape index (κ3) is 1.26. The summed E-state index contributed by atoms with van der Waals surface area (Å²) in [6.45, 7) is 3.71. The average molecular weight is 177 g/mol. The molecule has 13 heavy (non-hydrogen) atoms. The van der Waals surface area contributed by atoms with Gasteiger partial charge in [0.2, 0.25) is 0 Å². The highest BCUT2D eigenvalue weighted by Gasteiger charge is 2.24. The van der Waals surface area contributed by atoms with Gasteiger partial charge in [-0.15, -0.1) is 0 Å². The van der Waals surface area contributed by atoms with E-state index in [2.05, 4.69) is 5.32 Å². The molecule has 3 nitrogen and oxygen atoms in total. The number of carbonyl (C=O) groups is 1. The van der Waals surface area contributed by atoms with Gasteiger partial charge in [-0.05, 0) is 25.5 Å². The zero-order chi connectivity index (χ0) is 9.42. The molecule has 0 aliphatic carbocycles. The first-order chi connectivity index (χ1) is 6.18. The van der Waals surface area contributed by atoms with Crippen LogP contribution in [0.15, 0.2) is 18.2 Å². The van der Waals surface area contributed by atoms with Gasteiger partial charge in [-0.2, -0.15) is 0 Å². The maximum atomic E-state index is 11.2. The second-order valence-electron chi connectivity index (χ2n) is 3.24. The van der Waals surface area contributed by atoms with E-state index >= 15 is 0 Å². The number of para-hydroxylation sites is 1. The zero-order valence-corrected chi connectivity index (χ0v) is 7.63. The van der Waals surface area contributed by atoms with Crippen molar-refractivity contribution in [3.8, 4) is 5.75 Å². The molecule has 3 heteroatoms. The van der Waals surface area contributed by atoms with E-state index in [-0.39, 0.29) is 12.0 Å². The molecule has 0 fully saturated rings. The first-order valence-electron chi connectivity index (χ1n) is 4.26. The molecule has 0 bridgehead atoms. The number of esters is 1. The third-order valence-electron chi connectivity index (χ3n) is 2.14. The van der Waals surface area contributed by atoms with Crippen molar-refractivity contribution in [1.29, 1.82) is 0 Å². The summed E-state index contributed by atoms with van der Waals surface area (Å²) in [4.78, 5) is 11.2. The quantitative estimate of drug-likeness (QED) is 0.484. The van der Waals surface area contributed by atoms with E-state index < -0.39 is 0 Å². The van der Waals surface area contributed by atoms with Crippen molar-refractivity contribution in [3.63, 3.8) is 0 Å². The van der Waals surface area contributed by atoms with Crippen LogP contribution in [-0.4, -0.2) is 12.0 Å².